The van der Waals surface area contributed by atoms with Crippen molar-refractivity contribution >= 4 is 27.6 Å². The van der Waals surface area contributed by atoms with Crippen LogP contribution < -0.4 is 10.5 Å². The van der Waals surface area contributed by atoms with Crippen LogP contribution in [0.1, 0.15) is 0 Å². The van der Waals surface area contributed by atoms with Gasteiger partial charge >= 0.3 is 0 Å². The number of halogens is 1. The number of pyridine rings is 4. The quantitative estimate of drug-likeness (QED) is 0.437. The Bertz CT molecular complexity index is 1460. The van der Waals surface area contributed by atoms with Crippen molar-refractivity contribution in [2.75, 3.05) is 18.9 Å². The Morgan fingerprint density at radius 2 is 1.78 bits per heavy atom. The van der Waals surface area contributed by atoms with E-state index in [9.17, 15) is 4.39 Å². The van der Waals surface area contributed by atoms with Crippen molar-refractivity contribution in [2.24, 2.45) is 0 Å². The summed E-state index contributed by atoms with van der Waals surface area (Å²) in [6.45, 7) is -0.0763. The predicted molar refractivity (Wildman–Crippen MR) is 120 cm³/mol. The highest BCUT2D eigenvalue weighted by atomic mass is 19.1. The molecule has 5 rings (SSSR count). The van der Waals surface area contributed by atoms with Crippen molar-refractivity contribution in [2.45, 2.75) is 0 Å². The third kappa shape index (κ3) is 3.36. The van der Waals surface area contributed by atoms with Crippen molar-refractivity contribution in [1.29, 1.82) is 0 Å². The molecule has 5 aromatic rings. The van der Waals surface area contributed by atoms with E-state index in [2.05, 4.69) is 19.9 Å². The van der Waals surface area contributed by atoms with E-state index in [1.165, 1.54) is 6.07 Å². The molecule has 0 fully saturated rings. The van der Waals surface area contributed by atoms with Crippen LogP contribution in [-0.4, -0.2) is 38.3 Å². The molecule has 0 aliphatic carbocycles. The number of nitrogens with two attached hydrogens (primary N) is 1. The fourth-order valence-corrected chi connectivity index (χ4v) is 3.74. The number of aromatic nitrogens is 4. The van der Waals surface area contributed by atoms with Gasteiger partial charge in [-0.15, -0.1) is 0 Å². The molecule has 3 N–H and O–H groups in total. The number of rotatable bonds is 5. The topological polar surface area (TPSA) is 107 Å². The van der Waals surface area contributed by atoms with E-state index >= 15 is 0 Å². The maximum Gasteiger partial charge on any atom is 0.225 e. The Morgan fingerprint density at radius 1 is 0.906 bits per heavy atom. The molecular weight excluding hydrogens is 409 g/mol. The van der Waals surface area contributed by atoms with Crippen LogP contribution in [0.25, 0.3) is 44.2 Å². The number of ether oxygens (including phenoxy) is 1. The van der Waals surface area contributed by atoms with Crippen molar-refractivity contribution in [1.82, 2.24) is 19.9 Å². The standard InChI is InChI=1S/C24H18FN5O2/c25-19-6-2-1-4-16(19)20-12-17(15-5-3-8-28-23(15)30-20)18-13-29-24(32-11-10-31)21-14(18)7-9-27-22(21)26/h1-9,12-13,31H,10-11H2,(H2,26,27). The highest BCUT2D eigenvalue weighted by molar-refractivity contribution is 6.08. The number of nitrogen functional groups attached to an aromatic ring is 1. The van der Waals surface area contributed by atoms with Crippen LogP contribution in [0, 0.1) is 5.82 Å². The lowest BCUT2D eigenvalue weighted by molar-refractivity contribution is 0.198. The van der Waals surface area contributed by atoms with E-state index in [0.717, 1.165) is 21.9 Å². The van der Waals surface area contributed by atoms with Crippen LogP contribution in [-0.2, 0) is 0 Å². The molecule has 4 heterocycles. The van der Waals surface area contributed by atoms with Gasteiger partial charge in [-0.05, 0) is 42.0 Å². The van der Waals surface area contributed by atoms with Crippen molar-refractivity contribution in [3.05, 3.63) is 72.9 Å². The van der Waals surface area contributed by atoms with Gasteiger partial charge in [-0.3, -0.25) is 0 Å². The smallest absolute Gasteiger partial charge is 0.225 e. The van der Waals surface area contributed by atoms with Crippen LogP contribution in [0.15, 0.2) is 67.1 Å². The molecule has 1 aromatic carbocycles. The van der Waals surface area contributed by atoms with Gasteiger partial charge in [0.2, 0.25) is 5.88 Å². The average molecular weight is 427 g/mol. The van der Waals surface area contributed by atoms with Crippen LogP contribution in [0.2, 0.25) is 0 Å². The number of aliphatic hydroxyl groups excluding tert-OH is 1. The van der Waals surface area contributed by atoms with Crippen LogP contribution in [0.4, 0.5) is 10.2 Å². The lowest BCUT2D eigenvalue weighted by Gasteiger charge is -2.15. The molecule has 0 aliphatic rings. The van der Waals surface area contributed by atoms with E-state index < -0.39 is 0 Å². The first kappa shape index (κ1) is 19.8. The normalized spacial score (nSPS) is 11.2. The monoisotopic (exact) mass is 427 g/mol. The average Bonchev–Trinajstić information content (AvgIpc) is 2.82. The number of hydrogen-bond donors (Lipinski definition) is 2. The number of aliphatic hydroxyl groups is 1. The number of anilines is 1. The fourth-order valence-electron chi connectivity index (χ4n) is 3.74. The van der Waals surface area contributed by atoms with E-state index in [1.54, 1.807) is 36.8 Å². The number of fused-ring (bicyclic) bond motifs is 2. The van der Waals surface area contributed by atoms with Crippen LogP contribution >= 0.6 is 0 Å². The number of benzene rings is 1. The Labute approximate surface area is 182 Å². The zero-order chi connectivity index (χ0) is 22.1. The molecule has 0 bridgehead atoms. The second-order valence-electron chi connectivity index (χ2n) is 7.08. The minimum absolute atomic E-state index is 0.0787. The van der Waals surface area contributed by atoms with Crippen molar-refractivity contribution in [3.8, 4) is 28.3 Å². The lowest BCUT2D eigenvalue weighted by Crippen LogP contribution is -2.05. The van der Waals surface area contributed by atoms with E-state index in [4.69, 9.17) is 15.6 Å². The van der Waals surface area contributed by atoms with Gasteiger partial charge in [0.15, 0.2) is 5.65 Å². The molecule has 0 saturated carbocycles. The Hall–Kier alpha value is -4.17. The van der Waals surface area contributed by atoms with Gasteiger partial charge in [0.05, 0.1) is 17.7 Å². The van der Waals surface area contributed by atoms with Gasteiger partial charge in [0, 0.05) is 40.5 Å². The molecular formula is C24H18FN5O2. The number of nitrogens with zero attached hydrogens (tertiary/aromatic N) is 4. The maximum atomic E-state index is 14.6. The minimum Gasteiger partial charge on any atom is -0.475 e. The third-order valence-electron chi connectivity index (χ3n) is 5.15. The van der Waals surface area contributed by atoms with Crippen LogP contribution in [0.5, 0.6) is 5.88 Å². The van der Waals surface area contributed by atoms with Gasteiger partial charge in [-0.25, -0.2) is 24.3 Å². The summed E-state index contributed by atoms with van der Waals surface area (Å²) in [5.41, 5.74) is 9.01. The third-order valence-corrected chi connectivity index (χ3v) is 5.15. The zero-order valence-electron chi connectivity index (χ0n) is 16.9. The molecule has 32 heavy (non-hydrogen) atoms. The molecule has 0 spiro atoms. The van der Waals surface area contributed by atoms with Crippen LogP contribution in [0.3, 0.4) is 0 Å². The summed E-state index contributed by atoms with van der Waals surface area (Å²) in [6.07, 6.45) is 4.92. The van der Waals surface area contributed by atoms with Crippen molar-refractivity contribution < 1.29 is 14.2 Å². The molecule has 0 amide bonds. The highest BCUT2D eigenvalue weighted by Crippen LogP contribution is 2.39. The first-order valence-corrected chi connectivity index (χ1v) is 9.95. The van der Waals surface area contributed by atoms with E-state index in [0.29, 0.717) is 22.3 Å². The summed E-state index contributed by atoms with van der Waals surface area (Å²) in [4.78, 5) is 17.6. The fraction of sp³-hybridized carbons (Fsp3) is 0.0833. The summed E-state index contributed by atoms with van der Waals surface area (Å²) >= 11 is 0. The molecule has 8 heteroatoms. The summed E-state index contributed by atoms with van der Waals surface area (Å²) in [7, 11) is 0. The Morgan fingerprint density at radius 3 is 2.62 bits per heavy atom. The first-order valence-electron chi connectivity index (χ1n) is 9.95. The second-order valence-corrected chi connectivity index (χ2v) is 7.08. The summed E-state index contributed by atoms with van der Waals surface area (Å²) in [5, 5.41) is 11.2. The van der Waals surface area contributed by atoms with Gasteiger partial charge in [0.25, 0.3) is 0 Å². The maximum absolute atomic E-state index is 14.6. The summed E-state index contributed by atoms with van der Waals surface area (Å²) in [5.74, 6) is 0.176. The Balaban J connectivity index is 1.82. The SMILES string of the molecule is Nc1nccc2c(-c3cc(-c4ccccc4F)nc4ncccc34)cnc(OCCO)c12. The zero-order valence-corrected chi connectivity index (χ0v) is 16.9. The first-order chi connectivity index (χ1) is 15.7. The molecule has 0 radical (unpaired) electrons. The number of hydrogen-bond acceptors (Lipinski definition) is 7. The largest absolute Gasteiger partial charge is 0.475 e. The highest BCUT2D eigenvalue weighted by Gasteiger charge is 2.18. The minimum atomic E-state index is -0.370. The molecule has 0 atom stereocenters. The molecule has 158 valence electrons. The Kier molecular flexibility index (Phi) is 5.04. The molecule has 7 nitrogen and oxygen atoms in total. The van der Waals surface area contributed by atoms with Crippen molar-refractivity contribution in [3.63, 3.8) is 0 Å². The molecule has 4 aromatic heterocycles. The van der Waals surface area contributed by atoms with Gasteiger partial charge in [0.1, 0.15) is 18.2 Å². The summed E-state index contributed by atoms with van der Waals surface area (Å²) in [6, 6.07) is 13.8. The van der Waals surface area contributed by atoms with E-state index in [1.807, 2.05) is 24.3 Å². The predicted octanol–water partition coefficient (Wildman–Crippen LogP) is 4.00. The van der Waals surface area contributed by atoms with Gasteiger partial charge in [-0.1, -0.05) is 12.1 Å². The second kappa shape index (κ2) is 8.16. The molecule has 0 aliphatic heterocycles. The van der Waals surface area contributed by atoms with E-state index in [-0.39, 0.29) is 30.7 Å². The van der Waals surface area contributed by atoms with Gasteiger partial charge in [-0.2, -0.15) is 0 Å². The van der Waals surface area contributed by atoms with Gasteiger partial charge < -0.3 is 15.6 Å². The molecule has 0 saturated heterocycles. The lowest BCUT2D eigenvalue weighted by atomic mass is 9.97. The summed E-state index contributed by atoms with van der Waals surface area (Å²) < 4.78 is 20.1. The molecule has 0 unspecified atom stereocenters.